The molecule has 1 N–H and O–H groups in total. The van der Waals surface area contributed by atoms with Gasteiger partial charge in [-0.05, 0) is 49.6 Å². The van der Waals surface area contributed by atoms with Gasteiger partial charge in [-0.2, -0.15) is 5.10 Å². The molecule has 5 nitrogen and oxygen atoms in total. The first kappa shape index (κ1) is 19.2. The third-order valence-corrected chi connectivity index (χ3v) is 4.67. The van der Waals surface area contributed by atoms with Crippen LogP contribution in [0.15, 0.2) is 53.3 Å². The minimum absolute atomic E-state index is 0.0251. The Kier molecular flexibility index (Phi) is 6.01. The highest BCUT2D eigenvalue weighted by Gasteiger charge is 2.22. The first-order valence-corrected chi connectivity index (χ1v) is 9.50. The summed E-state index contributed by atoms with van der Waals surface area (Å²) in [6, 6.07) is 11.3. The largest absolute Gasteiger partial charge is 0.469 e. The van der Waals surface area contributed by atoms with Gasteiger partial charge in [-0.1, -0.05) is 31.5 Å². The highest BCUT2D eigenvalue weighted by atomic mass is 35.5. The maximum Gasteiger partial charge on any atom is 0.254 e. The van der Waals surface area contributed by atoms with Crippen LogP contribution >= 0.6 is 11.6 Å². The number of carbonyl (C=O) groups excluding carboxylic acids is 1. The molecule has 3 rings (SSSR count). The van der Waals surface area contributed by atoms with E-state index in [4.69, 9.17) is 16.0 Å². The van der Waals surface area contributed by atoms with Crippen molar-refractivity contribution in [3.05, 3.63) is 70.9 Å². The number of halogens is 1. The molecular formula is C21H24ClN3O2. The average Bonchev–Trinajstić information content (AvgIpc) is 3.29. The molecule has 0 spiro atoms. The molecule has 142 valence electrons. The number of nitrogens with zero attached hydrogens (tertiary/aromatic N) is 2. The van der Waals surface area contributed by atoms with Gasteiger partial charge in [-0.15, -0.1) is 0 Å². The minimum Gasteiger partial charge on any atom is -0.469 e. The summed E-state index contributed by atoms with van der Waals surface area (Å²) >= 11 is 6.11. The quantitative estimate of drug-likeness (QED) is 0.623. The highest BCUT2D eigenvalue weighted by molar-refractivity contribution is 6.30. The van der Waals surface area contributed by atoms with Crippen molar-refractivity contribution in [3.8, 4) is 5.69 Å². The van der Waals surface area contributed by atoms with Crippen LogP contribution in [-0.4, -0.2) is 21.7 Å². The third kappa shape index (κ3) is 4.61. The Hall–Kier alpha value is -2.53. The van der Waals surface area contributed by atoms with E-state index in [0.717, 1.165) is 30.0 Å². The summed E-state index contributed by atoms with van der Waals surface area (Å²) in [5.41, 5.74) is 2.30. The average molecular weight is 386 g/mol. The van der Waals surface area contributed by atoms with Crippen molar-refractivity contribution < 1.29 is 9.21 Å². The molecule has 27 heavy (non-hydrogen) atoms. The number of amides is 1. The van der Waals surface area contributed by atoms with E-state index in [2.05, 4.69) is 24.3 Å². The zero-order valence-corrected chi connectivity index (χ0v) is 16.5. The molecule has 3 aromatic rings. The molecular weight excluding hydrogens is 362 g/mol. The number of furan rings is 1. The molecule has 0 aliphatic heterocycles. The van der Waals surface area contributed by atoms with E-state index in [1.165, 1.54) is 0 Å². The van der Waals surface area contributed by atoms with Crippen molar-refractivity contribution >= 4 is 17.5 Å². The Morgan fingerprint density at radius 3 is 2.74 bits per heavy atom. The van der Waals surface area contributed by atoms with Crippen LogP contribution in [0.3, 0.4) is 0 Å². The zero-order valence-electron chi connectivity index (χ0n) is 15.8. The van der Waals surface area contributed by atoms with E-state index in [1.54, 1.807) is 17.1 Å². The van der Waals surface area contributed by atoms with Crippen LogP contribution < -0.4 is 5.32 Å². The number of rotatable bonds is 7. The molecule has 1 aromatic carbocycles. The van der Waals surface area contributed by atoms with Crippen molar-refractivity contribution in [1.82, 2.24) is 15.1 Å². The third-order valence-electron chi connectivity index (χ3n) is 4.43. The summed E-state index contributed by atoms with van der Waals surface area (Å²) < 4.78 is 7.14. The smallest absolute Gasteiger partial charge is 0.254 e. The summed E-state index contributed by atoms with van der Waals surface area (Å²) in [6.45, 7) is 6.10. The van der Waals surface area contributed by atoms with Gasteiger partial charge in [-0.3, -0.25) is 4.79 Å². The molecule has 2 heterocycles. The fourth-order valence-electron chi connectivity index (χ4n) is 3.09. The predicted molar refractivity (Wildman–Crippen MR) is 107 cm³/mol. The topological polar surface area (TPSA) is 60.1 Å². The molecule has 0 saturated heterocycles. The standard InChI is InChI=1S/C21H24ClN3O2/c1-14(2)20-19(13-23-25(20)17-7-4-6-16(22)12-17)21(26)24-15(3)9-10-18-8-5-11-27-18/h4-8,11-15H,9-10H2,1-3H3,(H,24,26)/t15-/m1/s1. The molecule has 0 radical (unpaired) electrons. The minimum atomic E-state index is -0.112. The number of aryl methyl sites for hydroxylation is 1. The Labute approximate surface area is 164 Å². The van der Waals surface area contributed by atoms with Gasteiger partial charge in [-0.25, -0.2) is 4.68 Å². The Bertz CT molecular complexity index is 900. The fraction of sp³-hybridized carbons (Fsp3) is 0.333. The first-order valence-electron chi connectivity index (χ1n) is 9.12. The lowest BCUT2D eigenvalue weighted by Crippen LogP contribution is -2.33. The normalized spacial score (nSPS) is 12.3. The maximum absolute atomic E-state index is 12.8. The van der Waals surface area contributed by atoms with Crippen LogP contribution in [0.4, 0.5) is 0 Å². The van der Waals surface area contributed by atoms with E-state index in [0.29, 0.717) is 10.6 Å². The van der Waals surface area contributed by atoms with Crippen LogP contribution in [-0.2, 0) is 6.42 Å². The Balaban J connectivity index is 1.76. The zero-order chi connectivity index (χ0) is 19.4. The lowest BCUT2D eigenvalue weighted by molar-refractivity contribution is 0.0936. The molecule has 1 atom stereocenters. The number of carbonyl (C=O) groups is 1. The molecule has 0 saturated carbocycles. The summed E-state index contributed by atoms with van der Waals surface area (Å²) in [6.07, 6.45) is 4.88. The van der Waals surface area contributed by atoms with E-state index >= 15 is 0 Å². The molecule has 1 amide bonds. The van der Waals surface area contributed by atoms with Gasteiger partial charge in [0.05, 0.1) is 29.4 Å². The molecule has 0 aliphatic carbocycles. The lowest BCUT2D eigenvalue weighted by Gasteiger charge is -2.16. The van der Waals surface area contributed by atoms with Gasteiger partial charge >= 0.3 is 0 Å². The second kappa shape index (κ2) is 8.44. The van der Waals surface area contributed by atoms with Gasteiger partial charge in [0, 0.05) is 17.5 Å². The number of aromatic nitrogens is 2. The summed E-state index contributed by atoms with van der Waals surface area (Å²) in [7, 11) is 0. The highest BCUT2D eigenvalue weighted by Crippen LogP contribution is 2.24. The fourth-order valence-corrected chi connectivity index (χ4v) is 3.27. The molecule has 6 heteroatoms. The number of nitrogens with one attached hydrogen (secondary N) is 1. The SMILES string of the molecule is CC(C)c1c(C(=O)N[C@H](C)CCc2ccco2)cnn1-c1cccc(Cl)c1. The van der Waals surface area contributed by atoms with E-state index < -0.39 is 0 Å². The summed E-state index contributed by atoms with van der Waals surface area (Å²) in [5, 5.41) is 8.15. The van der Waals surface area contributed by atoms with Crippen molar-refractivity contribution in [3.63, 3.8) is 0 Å². The van der Waals surface area contributed by atoms with Crippen LogP contribution in [0.5, 0.6) is 0 Å². The monoisotopic (exact) mass is 385 g/mol. The Morgan fingerprint density at radius 2 is 2.07 bits per heavy atom. The number of hydrogen-bond acceptors (Lipinski definition) is 3. The molecule has 0 bridgehead atoms. The summed E-state index contributed by atoms with van der Waals surface area (Å²) in [5.74, 6) is 0.942. The van der Waals surface area contributed by atoms with E-state index in [1.807, 2.05) is 43.3 Å². The molecule has 0 unspecified atom stereocenters. The van der Waals surface area contributed by atoms with Gasteiger partial charge in [0.1, 0.15) is 5.76 Å². The molecule has 2 aromatic heterocycles. The second-order valence-corrected chi connectivity index (χ2v) is 7.42. The van der Waals surface area contributed by atoms with Gasteiger partial charge < -0.3 is 9.73 Å². The maximum atomic E-state index is 12.8. The first-order chi connectivity index (χ1) is 13.0. The lowest BCUT2D eigenvalue weighted by atomic mass is 10.0. The Morgan fingerprint density at radius 1 is 1.26 bits per heavy atom. The van der Waals surface area contributed by atoms with Crippen molar-refractivity contribution in [2.24, 2.45) is 0 Å². The van der Waals surface area contributed by atoms with Gasteiger partial charge in [0.15, 0.2) is 0 Å². The van der Waals surface area contributed by atoms with Gasteiger partial charge in [0.25, 0.3) is 5.91 Å². The number of hydrogen-bond donors (Lipinski definition) is 1. The van der Waals surface area contributed by atoms with Crippen LogP contribution in [0, 0.1) is 0 Å². The van der Waals surface area contributed by atoms with Crippen LogP contribution in [0.2, 0.25) is 5.02 Å². The second-order valence-electron chi connectivity index (χ2n) is 6.98. The van der Waals surface area contributed by atoms with Crippen LogP contribution in [0.25, 0.3) is 5.69 Å². The molecule has 0 aliphatic rings. The van der Waals surface area contributed by atoms with Crippen LogP contribution in [0.1, 0.15) is 54.9 Å². The summed E-state index contributed by atoms with van der Waals surface area (Å²) in [4.78, 5) is 12.8. The van der Waals surface area contributed by atoms with E-state index in [-0.39, 0.29) is 17.9 Å². The number of benzene rings is 1. The van der Waals surface area contributed by atoms with Crippen molar-refractivity contribution in [2.45, 2.75) is 45.6 Å². The molecule has 0 fully saturated rings. The van der Waals surface area contributed by atoms with E-state index in [9.17, 15) is 4.79 Å². The van der Waals surface area contributed by atoms with Gasteiger partial charge in [0.2, 0.25) is 0 Å². The van der Waals surface area contributed by atoms with Crippen molar-refractivity contribution in [1.29, 1.82) is 0 Å². The van der Waals surface area contributed by atoms with Crippen molar-refractivity contribution in [2.75, 3.05) is 0 Å². The predicted octanol–water partition coefficient (Wildman–Crippen LogP) is 4.99.